The minimum absolute atomic E-state index is 0.197. The molecule has 0 radical (unpaired) electrons. The maximum Gasteiger partial charge on any atom is 0.322 e. The second kappa shape index (κ2) is 9.93. The van der Waals surface area contributed by atoms with Gasteiger partial charge in [0.1, 0.15) is 6.04 Å². The van der Waals surface area contributed by atoms with Gasteiger partial charge in [-0.2, -0.15) is 11.8 Å². The molecule has 0 aliphatic carbocycles. The normalized spacial score (nSPS) is 14.5. The van der Waals surface area contributed by atoms with Crippen LogP contribution >= 0.6 is 11.8 Å². The molecule has 0 rings (SSSR count). The smallest absolute Gasteiger partial charge is 0.322 e. The number of hydrogen-bond donors (Lipinski definition) is 2. The molecule has 2 N–H and O–H groups in total. The molecule has 0 fully saturated rings. The van der Waals surface area contributed by atoms with Crippen molar-refractivity contribution in [1.82, 2.24) is 5.32 Å². The first-order chi connectivity index (χ1) is 7.65. The van der Waals surface area contributed by atoms with Crippen molar-refractivity contribution in [2.75, 3.05) is 31.8 Å². The maximum atomic E-state index is 11.4. The third-order valence-electron chi connectivity index (χ3n) is 2.20. The van der Waals surface area contributed by atoms with E-state index in [1.807, 2.05) is 13.8 Å². The number of likely N-dealkylation sites (N-methyl/N-ethyl adjacent to an activating group) is 1. The van der Waals surface area contributed by atoms with Gasteiger partial charge in [-0.25, -0.2) is 0 Å². The molecular formula is C11H23NO3S. The largest absolute Gasteiger partial charge is 0.468 e. The van der Waals surface area contributed by atoms with E-state index in [0.717, 1.165) is 24.5 Å². The van der Waals surface area contributed by atoms with Crippen LogP contribution in [0.4, 0.5) is 0 Å². The van der Waals surface area contributed by atoms with Crippen LogP contribution in [0.25, 0.3) is 0 Å². The topological polar surface area (TPSA) is 58.6 Å². The fourth-order valence-electron chi connectivity index (χ4n) is 1.23. The molecule has 16 heavy (non-hydrogen) atoms. The van der Waals surface area contributed by atoms with Gasteiger partial charge in [-0.3, -0.25) is 4.79 Å². The van der Waals surface area contributed by atoms with Crippen molar-refractivity contribution < 1.29 is 14.6 Å². The van der Waals surface area contributed by atoms with E-state index in [1.54, 1.807) is 11.8 Å². The van der Waals surface area contributed by atoms with Crippen LogP contribution in [-0.4, -0.2) is 48.9 Å². The van der Waals surface area contributed by atoms with Crippen LogP contribution in [-0.2, 0) is 9.53 Å². The molecule has 96 valence electrons. The Labute approximate surface area is 102 Å². The summed E-state index contributed by atoms with van der Waals surface area (Å²) in [7, 11) is 1.41. The third kappa shape index (κ3) is 7.09. The zero-order valence-electron chi connectivity index (χ0n) is 10.4. The summed E-state index contributed by atoms with van der Waals surface area (Å²) < 4.78 is 4.71. The molecule has 0 aromatic rings. The minimum Gasteiger partial charge on any atom is -0.468 e. The zero-order chi connectivity index (χ0) is 12.4. The molecule has 0 bridgehead atoms. The zero-order valence-corrected chi connectivity index (χ0v) is 11.2. The average molecular weight is 249 g/mol. The number of rotatable bonds is 9. The van der Waals surface area contributed by atoms with Gasteiger partial charge in [-0.15, -0.1) is 0 Å². The van der Waals surface area contributed by atoms with E-state index >= 15 is 0 Å². The highest BCUT2D eigenvalue weighted by molar-refractivity contribution is 7.99. The Hall–Kier alpha value is -0.260. The van der Waals surface area contributed by atoms with Crippen molar-refractivity contribution in [3.8, 4) is 0 Å². The van der Waals surface area contributed by atoms with Crippen LogP contribution in [0, 0.1) is 5.92 Å². The van der Waals surface area contributed by atoms with E-state index in [0.29, 0.717) is 5.92 Å². The number of carbonyl (C=O) groups is 1. The lowest BCUT2D eigenvalue weighted by Gasteiger charge is -2.15. The summed E-state index contributed by atoms with van der Waals surface area (Å²) in [5.74, 6) is 1.95. The Bertz CT molecular complexity index is 190. The van der Waals surface area contributed by atoms with E-state index < -0.39 is 0 Å². The van der Waals surface area contributed by atoms with E-state index in [9.17, 15) is 4.79 Å². The van der Waals surface area contributed by atoms with Crippen molar-refractivity contribution >= 4 is 17.7 Å². The molecule has 0 amide bonds. The Morgan fingerprint density at radius 2 is 2.25 bits per heavy atom. The highest BCUT2D eigenvalue weighted by Gasteiger charge is 2.17. The maximum absolute atomic E-state index is 11.4. The lowest BCUT2D eigenvalue weighted by Crippen LogP contribution is -2.37. The number of carbonyl (C=O) groups excluding carboxylic acids is 1. The quantitative estimate of drug-likeness (QED) is 0.469. The van der Waals surface area contributed by atoms with E-state index in [1.165, 1.54) is 7.11 Å². The summed E-state index contributed by atoms with van der Waals surface area (Å²) in [6.45, 7) is 4.96. The Morgan fingerprint density at radius 3 is 2.75 bits per heavy atom. The molecule has 0 heterocycles. The first-order valence-electron chi connectivity index (χ1n) is 5.65. The molecule has 0 spiro atoms. The van der Waals surface area contributed by atoms with Gasteiger partial charge in [0.15, 0.2) is 0 Å². The molecule has 5 heteroatoms. The van der Waals surface area contributed by atoms with Gasteiger partial charge >= 0.3 is 5.97 Å². The lowest BCUT2D eigenvalue weighted by molar-refractivity contribution is -0.143. The number of esters is 1. The highest BCUT2D eigenvalue weighted by Crippen LogP contribution is 2.10. The fourth-order valence-corrected chi connectivity index (χ4v) is 2.31. The van der Waals surface area contributed by atoms with Crippen LogP contribution in [0.15, 0.2) is 0 Å². The fraction of sp³-hybridized carbons (Fsp3) is 0.909. The minimum atomic E-state index is -0.202. The number of nitrogens with one attached hydrogen (secondary N) is 1. The molecule has 0 aliphatic heterocycles. The first-order valence-corrected chi connectivity index (χ1v) is 6.80. The molecule has 0 saturated carbocycles. The summed E-state index contributed by atoms with van der Waals surface area (Å²) in [6.07, 6.45) is 0.767. The molecule has 4 nitrogen and oxygen atoms in total. The molecule has 0 saturated heterocycles. The van der Waals surface area contributed by atoms with Gasteiger partial charge < -0.3 is 15.2 Å². The lowest BCUT2D eigenvalue weighted by atomic mass is 10.2. The summed E-state index contributed by atoms with van der Waals surface area (Å²) in [4.78, 5) is 11.4. The summed E-state index contributed by atoms with van der Waals surface area (Å²) in [5, 5.41) is 12.0. The van der Waals surface area contributed by atoms with Crippen LogP contribution in [0.2, 0.25) is 0 Å². The van der Waals surface area contributed by atoms with E-state index in [2.05, 4.69) is 5.32 Å². The van der Waals surface area contributed by atoms with Gasteiger partial charge in [0.05, 0.1) is 7.11 Å². The summed E-state index contributed by atoms with van der Waals surface area (Å²) in [6, 6.07) is -0.202. The van der Waals surface area contributed by atoms with Crippen molar-refractivity contribution in [2.45, 2.75) is 26.3 Å². The van der Waals surface area contributed by atoms with Gasteiger partial charge in [-0.1, -0.05) is 13.8 Å². The Balaban J connectivity index is 3.72. The van der Waals surface area contributed by atoms with Gasteiger partial charge in [0.2, 0.25) is 0 Å². The highest BCUT2D eigenvalue weighted by atomic mass is 32.2. The number of methoxy groups -OCH3 is 1. The number of aliphatic hydroxyl groups excluding tert-OH is 1. The molecule has 0 aliphatic rings. The molecule has 2 unspecified atom stereocenters. The van der Waals surface area contributed by atoms with Crippen LogP contribution in [0.5, 0.6) is 0 Å². The SMILES string of the molecule is CCNC(CCSCC(C)CO)C(=O)OC. The first kappa shape index (κ1) is 15.7. The van der Waals surface area contributed by atoms with E-state index in [-0.39, 0.29) is 18.6 Å². The molecular weight excluding hydrogens is 226 g/mol. The standard InChI is InChI=1S/C11H23NO3S/c1-4-12-10(11(14)15-3)5-6-16-8-9(2)7-13/h9-10,12-13H,4-8H2,1-3H3. The van der Waals surface area contributed by atoms with Crippen molar-refractivity contribution in [3.05, 3.63) is 0 Å². The predicted octanol–water partition coefficient (Wildman–Crippen LogP) is 0.889. The van der Waals surface area contributed by atoms with Crippen molar-refractivity contribution in [1.29, 1.82) is 0 Å². The molecule has 0 aromatic carbocycles. The van der Waals surface area contributed by atoms with Crippen LogP contribution in [0.3, 0.4) is 0 Å². The van der Waals surface area contributed by atoms with E-state index in [4.69, 9.17) is 9.84 Å². The summed E-state index contributed by atoms with van der Waals surface area (Å²) >= 11 is 1.76. The molecule has 2 atom stereocenters. The number of hydrogen-bond acceptors (Lipinski definition) is 5. The second-order valence-electron chi connectivity index (χ2n) is 3.78. The average Bonchev–Trinajstić information content (AvgIpc) is 2.31. The number of aliphatic hydroxyl groups is 1. The number of thioether (sulfide) groups is 1. The Morgan fingerprint density at radius 1 is 1.56 bits per heavy atom. The van der Waals surface area contributed by atoms with Crippen molar-refractivity contribution in [3.63, 3.8) is 0 Å². The van der Waals surface area contributed by atoms with Crippen LogP contribution < -0.4 is 5.32 Å². The molecule has 0 aromatic heterocycles. The van der Waals surface area contributed by atoms with Gasteiger partial charge in [-0.05, 0) is 30.4 Å². The predicted molar refractivity (Wildman–Crippen MR) is 67.7 cm³/mol. The second-order valence-corrected chi connectivity index (χ2v) is 4.93. The van der Waals surface area contributed by atoms with Gasteiger partial charge in [0, 0.05) is 6.61 Å². The number of ether oxygens (including phenoxy) is 1. The summed E-state index contributed by atoms with van der Waals surface area (Å²) in [5.41, 5.74) is 0. The Kier molecular flexibility index (Phi) is 9.77. The van der Waals surface area contributed by atoms with Gasteiger partial charge in [0.25, 0.3) is 0 Å². The monoisotopic (exact) mass is 249 g/mol. The van der Waals surface area contributed by atoms with Crippen molar-refractivity contribution in [2.24, 2.45) is 5.92 Å². The van der Waals surface area contributed by atoms with Crippen LogP contribution in [0.1, 0.15) is 20.3 Å². The third-order valence-corrected chi connectivity index (χ3v) is 3.53.